The summed E-state index contributed by atoms with van der Waals surface area (Å²) < 4.78 is 15.0. The summed E-state index contributed by atoms with van der Waals surface area (Å²) in [6.45, 7) is 7.21. The van der Waals surface area contributed by atoms with Gasteiger partial charge in [0.2, 0.25) is 5.91 Å². The van der Waals surface area contributed by atoms with E-state index >= 15 is 0 Å². The first-order valence-electron chi connectivity index (χ1n) is 9.52. The average Bonchev–Trinajstić information content (AvgIpc) is 2.98. The van der Waals surface area contributed by atoms with Crippen molar-refractivity contribution >= 4 is 5.91 Å². The molecule has 1 unspecified atom stereocenters. The number of benzene rings is 2. The number of aromatic nitrogens is 2. The molecule has 3 aromatic rings. The molecule has 0 saturated heterocycles. The van der Waals surface area contributed by atoms with Crippen molar-refractivity contribution in [1.29, 1.82) is 0 Å². The van der Waals surface area contributed by atoms with Crippen LogP contribution in [0, 0.1) is 19.7 Å². The van der Waals surface area contributed by atoms with E-state index in [1.54, 1.807) is 12.1 Å². The smallest absolute Gasteiger partial charge is 0.220 e. The van der Waals surface area contributed by atoms with Crippen LogP contribution in [0.5, 0.6) is 0 Å². The van der Waals surface area contributed by atoms with Gasteiger partial charge in [-0.2, -0.15) is 5.10 Å². The van der Waals surface area contributed by atoms with E-state index in [1.165, 1.54) is 12.1 Å². The third-order valence-electron chi connectivity index (χ3n) is 4.85. The predicted octanol–water partition coefficient (Wildman–Crippen LogP) is 4.50. The lowest BCUT2D eigenvalue weighted by Crippen LogP contribution is -2.24. The molecule has 0 aliphatic heterocycles. The standard InChI is InChI=1S/C23H26FN3O/c1-16(21-7-9-22(24)10-8-21)11-23(28)25-14-19-5-4-6-20(13-19)15-27-18(3)12-17(2)26-27/h4-10,12-13,16H,11,14-15H2,1-3H3,(H,25,28). The van der Waals surface area contributed by atoms with E-state index < -0.39 is 0 Å². The van der Waals surface area contributed by atoms with Crippen LogP contribution in [0.1, 0.15) is 47.3 Å². The lowest BCUT2D eigenvalue weighted by atomic mass is 9.97. The summed E-state index contributed by atoms with van der Waals surface area (Å²) in [5.74, 6) is -0.237. The van der Waals surface area contributed by atoms with Crippen LogP contribution in [-0.2, 0) is 17.9 Å². The number of carbonyl (C=O) groups is 1. The molecule has 3 rings (SSSR count). The fourth-order valence-electron chi connectivity index (χ4n) is 3.31. The SMILES string of the molecule is Cc1cc(C)n(Cc2cccc(CNC(=O)CC(C)c3ccc(F)cc3)c2)n1. The minimum atomic E-state index is -0.263. The lowest BCUT2D eigenvalue weighted by molar-refractivity contribution is -0.121. The van der Waals surface area contributed by atoms with Crippen LogP contribution < -0.4 is 5.32 Å². The number of aryl methyl sites for hydroxylation is 2. The molecule has 0 aliphatic carbocycles. The summed E-state index contributed by atoms with van der Waals surface area (Å²) in [6, 6.07) is 16.6. The third kappa shape index (κ3) is 5.28. The van der Waals surface area contributed by atoms with Gasteiger partial charge in [0.05, 0.1) is 12.2 Å². The van der Waals surface area contributed by atoms with E-state index in [0.717, 1.165) is 28.1 Å². The summed E-state index contributed by atoms with van der Waals surface area (Å²) in [7, 11) is 0. The maximum atomic E-state index is 13.0. The van der Waals surface area contributed by atoms with Gasteiger partial charge in [-0.25, -0.2) is 4.39 Å². The summed E-state index contributed by atoms with van der Waals surface area (Å²) in [4.78, 5) is 12.3. The maximum Gasteiger partial charge on any atom is 0.220 e. The molecule has 0 spiro atoms. The first kappa shape index (κ1) is 19.8. The molecule has 1 amide bonds. The zero-order chi connectivity index (χ0) is 20.1. The summed E-state index contributed by atoms with van der Waals surface area (Å²) in [5.41, 5.74) is 5.31. The van der Waals surface area contributed by atoms with Gasteiger partial charge in [-0.1, -0.05) is 43.3 Å². The molecule has 1 heterocycles. The summed E-state index contributed by atoms with van der Waals surface area (Å²) in [5, 5.41) is 7.48. The highest BCUT2D eigenvalue weighted by Gasteiger charge is 2.11. The van der Waals surface area contributed by atoms with Crippen LogP contribution in [0.3, 0.4) is 0 Å². The van der Waals surface area contributed by atoms with E-state index in [4.69, 9.17) is 0 Å². The Morgan fingerprint density at radius 1 is 1.11 bits per heavy atom. The van der Waals surface area contributed by atoms with Crippen molar-refractivity contribution in [2.75, 3.05) is 0 Å². The van der Waals surface area contributed by atoms with E-state index in [0.29, 0.717) is 19.5 Å². The number of amides is 1. The summed E-state index contributed by atoms with van der Waals surface area (Å²) >= 11 is 0. The number of nitrogens with zero attached hydrogens (tertiary/aromatic N) is 2. The number of halogens is 1. The molecule has 2 aromatic carbocycles. The number of nitrogens with one attached hydrogen (secondary N) is 1. The highest BCUT2D eigenvalue weighted by atomic mass is 19.1. The van der Waals surface area contributed by atoms with Gasteiger partial charge in [0, 0.05) is 18.7 Å². The molecule has 0 fully saturated rings. The molecule has 0 radical (unpaired) electrons. The molecule has 0 bridgehead atoms. The Bertz CT molecular complexity index is 947. The van der Waals surface area contributed by atoms with Crippen molar-refractivity contribution < 1.29 is 9.18 Å². The Morgan fingerprint density at radius 3 is 2.50 bits per heavy atom. The second-order valence-electron chi connectivity index (χ2n) is 7.34. The molecular weight excluding hydrogens is 353 g/mol. The number of carbonyl (C=O) groups excluding carboxylic acids is 1. The molecule has 146 valence electrons. The zero-order valence-corrected chi connectivity index (χ0v) is 16.6. The number of hydrogen-bond donors (Lipinski definition) is 1. The number of hydrogen-bond acceptors (Lipinski definition) is 2. The van der Waals surface area contributed by atoms with Gasteiger partial charge in [-0.05, 0) is 54.7 Å². The Balaban J connectivity index is 1.54. The van der Waals surface area contributed by atoms with Crippen molar-refractivity contribution in [2.45, 2.75) is 46.2 Å². The van der Waals surface area contributed by atoms with E-state index in [-0.39, 0.29) is 17.6 Å². The predicted molar refractivity (Wildman–Crippen MR) is 109 cm³/mol. The van der Waals surface area contributed by atoms with Crippen LogP contribution >= 0.6 is 0 Å². The molecule has 28 heavy (non-hydrogen) atoms. The molecule has 1 aromatic heterocycles. The molecule has 5 heteroatoms. The minimum absolute atomic E-state index is 0.0132. The molecular formula is C23H26FN3O. The van der Waals surface area contributed by atoms with Gasteiger partial charge >= 0.3 is 0 Å². The highest BCUT2D eigenvalue weighted by molar-refractivity contribution is 5.76. The molecule has 4 nitrogen and oxygen atoms in total. The monoisotopic (exact) mass is 379 g/mol. The lowest BCUT2D eigenvalue weighted by Gasteiger charge is -2.13. The fourth-order valence-corrected chi connectivity index (χ4v) is 3.31. The normalized spacial score (nSPS) is 12.0. The molecule has 0 saturated carbocycles. The fraction of sp³-hybridized carbons (Fsp3) is 0.304. The molecule has 0 aliphatic rings. The first-order valence-corrected chi connectivity index (χ1v) is 9.52. The maximum absolute atomic E-state index is 13.0. The Kier molecular flexibility index (Phi) is 6.24. The van der Waals surface area contributed by atoms with E-state index in [1.807, 2.05) is 37.6 Å². The van der Waals surface area contributed by atoms with Gasteiger partial charge in [0.25, 0.3) is 0 Å². The third-order valence-corrected chi connectivity index (χ3v) is 4.85. The van der Waals surface area contributed by atoms with Crippen LogP contribution in [0.2, 0.25) is 0 Å². The molecule has 1 N–H and O–H groups in total. The van der Waals surface area contributed by atoms with Gasteiger partial charge < -0.3 is 5.32 Å². The van der Waals surface area contributed by atoms with E-state index in [9.17, 15) is 9.18 Å². The van der Waals surface area contributed by atoms with Crippen LogP contribution in [0.15, 0.2) is 54.6 Å². The van der Waals surface area contributed by atoms with Crippen molar-refractivity contribution in [3.05, 3.63) is 88.5 Å². The largest absolute Gasteiger partial charge is 0.352 e. The molecule has 1 atom stereocenters. The zero-order valence-electron chi connectivity index (χ0n) is 16.6. The highest BCUT2D eigenvalue weighted by Crippen LogP contribution is 2.19. The van der Waals surface area contributed by atoms with Gasteiger partial charge in [-0.15, -0.1) is 0 Å². The quantitative estimate of drug-likeness (QED) is 0.657. The topological polar surface area (TPSA) is 46.9 Å². The van der Waals surface area contributed by atoms with Crippen LogP contribution in [-0.4, -0.2) is 15.7 Å². The van der Waals surface area contributed by atoms with Gasteiger partial charge in [0.1, 0.15) is 5.82 Å². The van der Waals surface area contributed by atoms with Crippen molar-refractivity contribution in [3.63, 3.8) is 0 Å². The Labute approximate surface area is 165 Å². The van der Waals surface area contributed by atoms with Crippen molar-refractivity contribution in [2.24, 2.45) is 0 Å². The van der Waals surface area contributed by atoms with E-state index in [2.05, 4.69) is 28.6 Å². The Morgan fingerprint density at radius 2 is 1.82 bits per heavy atom. The Hall–Kier alpha value is -2.95. The van der Waals surface area contributed by atoms with Gasteiger partial charge in [0.15, 0.2) is 0 Å². The minimum Gasteiger partial charge on any atom is -0.352 e. The van der Waals surface area contributed by atoms with Crippen LogP contribution in [0.25, 0.3) is 0 Å². The number of rotatable bonds is 7. The van der Waals surface area contributed by atoms with Crippen molar-refractivity contribution in [3.8, 4) is 0 Å². The second kappa shape index (κ2) is 8.83. The van der Waals surface area contributed by atoms with Crippen molar-refractivity contribution in [1.82, 2.24) is 15.1 Å². The van der Waals surface area contributed by atoms with Gasteiger partial charge in [-0.3, -0.25) is 9.48 Å². The van der Waals surface area contributed by atoms with Crippen LogP contribution in [0.4, 0.5) is 4.39 Å². The summed E-state index contributed by atoms with van der Waals surface area (Å²) in [6.07, 6.45) is 0.372. The second-order valence-corrected chi connectivity index (χ2v) is 7.34. The first-order chi connectivity index (χ1) is 13.4. The average molecular weight is 379 g/mol.